The lowest BCUT2D eigenvalue weighted by molar-refractivity contribution is -0.143. The normalized spacial score (nSPS) is 17.0. The Kier molecular flexibility index (Phi) is 15.5. The van der Waals surface area contributed by atoms with E-state index in [1.807, 2.05) is 25.1 Å². The molecule has 316 valence electrons. The van der Waals surface area contributed by atoms with Crippen molar-refractivity contribution in [3.05, 3.63) is 98.9 Å². The summed E-state index contributed by atoms with van der Waals surface area (Å²) in [5, 5.41) is 10.7. The van der Waals surface area contributed by atoms with Crippen LogP contribution in [-0.4, -0.2) is 44.5 Å². The number of nitrogens with zero attached hydrogens (tertiary/aromatic N) is 2. The second kappa shape index (κ2) is 20.7. The molecule has 0 radical (unpaired) electrons. The van der Waals surface area contributed by atoms with E-state index in [-0.39, 0.29) is 24.3 Å². The summed E-state index contributed by atoms with van der Waals surface area (Å²) in [6, 6.07) is 19.7. The summed E-state index contributed by atoms with van der Waals surface area (Å²) < 4.78 is 5.53. The maximum absolute atomic E-state index is 12.5. The van der Waals surface area contributed by atoms with Gasteiger partial charge < -0.3 is 30.9 Å². The van der Waals surface area contributed by atoms with Gasteiger partial charge in [0, 0.05) is 57.2 Å². The minimum Gasteiger partial charge on any atom is -0.465 e. The summed E-state index contributed by atoms with van der Waals surface area (Å²) in [4.78, 5) is 29.5. The maximum atomic E-state index is 12.5. The molecule has 0 bridgehead atoms. The predicted octanol–water partition coefficient (Wildman–Crippen LogP) is 11.3. The third-order valence-corrected chi connectivity index (χ3v) is 13.5. The molecule has 59 heavy (non-hydrogen) atoms. The average molecular weight is 836 g/mol. The van der Waals surface area contributed by atoms with Crippen LogP contribution in [0.2, 0.25) is 0 Å². The number of amides is 1. The van der Waals surface area contributed by atoms with Gasteiger partial charge in [0.05, 0.1) is 30.1 Å². The molecule has 1 aromatic heterocycles. The molecule has 1 fully saturated rings. The van der Waals surface area contributed by atoms with Gasteiger partial charge in [-0.1, -0.05) is 75.5 Å². The molecule has 2 atom stereocenters. The topological polar surface area (TPSA) is 99.9 Å². The van der Waals surface area contributed by atoms with Crippen LogP contribution in [0.4, 0.5) is 27.8 Å². The van der Waals surface area contributed by atoms with Crippen molar-refractivity contribution >= 4 is 68.0 Å². The van der Waals surface area contributed by atoms with Gasteiger partial charge in [-0.3, -0.25) is 9.59 Å². The first kappa shape index (κ1) is 44.2. The van der Waals surface area contributed by atoms with E-state index >= 15 is 0 Å². The number of carbonyl (C=O) groups is 2. The number of benzene rings is 3. The lowest BCUT2D eigenvalue weighted by atomic mass is 9.85. The quantitative estimate of drug-likeness (QED) is 0.0618. The molecule has 1 saturated carbocycles. The van der Waals surface area contributed by atoms with Crippen molar-refractivity contribution < 1.29 is 14.3 Å². The minimum absolute atomic E-state index is 0.00521. The molecule has 7 rings (SSSR count). The third-order valence-electron chi connectivity index (χ3n) is 12.4. The Labute approximate surface area is 362 Å². The first-order valence-electron chi connectivity index (χ1n) is 21.7. The summed E-state index contributed by atoms with van der Waals surface area (Å²) in [5.41, 5.74) is 19.0. The van der Waals surface area contributed by atoms with Crippen molar-refractivity contribution in [2.45, 2.75) is 123 Å². The van der Waals surface area contributed by atoms with Gasteiger partial charge in [0.1, 0.15) is 0 Å². The number of carbonyl (C=O) groups excluding carboxylic acids is 2. The molecule has 3 aliphatic carbocycles. The van der Waals surface area contributed by atoms with E-state index in [1.165, 1.54) is 69.1 Å². The average Bonchev–Trinajstić information content (AvgIpc) is 4.00. The number of esters is 1. The first-order valence-corrected chi connectivity index (χ1v) is 23.0. The Morgan fingerprint density at radius 3 is 2.39 bits per heavy atom. The zero-order valence-electron chi connectivity index (χ0n) is 36.1. The molecule has 0 spiro atoms. The molecule has 1 amide bonds. The van der Waals surface area contributed by atoms with Gasteiger partial charge >= 0.3 is 5.97 Å². The van der Waals surface area contributed by atoms with Crippen LogP contribution in [0.3, 0.4) is 0 Å². The zero-order valence-corrected chi connectivity index (χ0v) is 37.8. The molecule has 3 aliphatic rings. The molecule has 4 aromatic rings. The van der Waals surface area contributed by atoms with E-state index < -0.39 is 0 Å². The molecule has 0 aliphatic heterocycles. The molecule has 10 heteroatoms. The van der Waals surface area contributed by atoms with Crippen LogP contribution in [0.5, 0.6) is 0 Å². The van der Waals surface area contributed by atoms with Gasteiger partial charge in [-0.05, 0) is 137 Å². The molecular formula is C49H65N5O3S2. The van der Waals surface area contributed by atoms with Gasteiger partial charge in [0.2, 0.25) is 5.91 Å². The van der Waals surface area contributed by atoms with Crippen LogP contribution in [0.15, 0.2) is 60.0 Å². The fourth-order valence-electron chi connectivity index (χ4n) is 9.20. The number of aryl methyl sites for hydroxylation is 2. The number of fused-ring (bicyclic) bond motifs is 2. The Morgan fingerprint density at radius 2 is 1.68 bits per heavy atom. The SMILES string of the molecule is CC(=O)N(C)c1cc(NC2CCCc3cc(CC(=O)OCCC4CCCC4)c(N)cc32)ccc1C.CCCC(=S)Cc1ccc2c(c1N(C)C)CCC2Nc1cccs1. The number of hydrogen-bond acceptors (Lipinski definition) is 9. The number of nitrogens with two attached hydrogens (primary N) is 1. The maximum Gasteiger partial charge on any atom is 0.310 e. The van der Waals surface area contributed by atoms with Gasteiger partial charge in [-0.2, -0.15) is 0 Å². The third kappa shape index (κ3) is 11.5. The standard InChI is InChI=1S/C29H39N3O3.C20H26N2S2/c1-19-11-12-24(17-28(19)32(3)20(2)33)31-27-10-6-9-22-15-23(26(30)18-25(22)27)16-29(34)35-14-13-21-7-4-5-8-21;1-4-6-15(23)13-14-8-9-16-17(20(14)22(2)3)10-11-18(16)21-19-7-5-12-24-19/h11-12,15,17-18,21,27,31H,4-10,13-14,16,30H2,1-3H3;5,7-9,12,18,21H,4,6,10-11,13H2,1-3H3. The second-order valence-electron chi connectivity index (χ2n) is 17.0. The number of hydrogen-bond donors (Lipinski definition) is 3. The van der Waals surface area contributed by atoms with Gasteiger partial charge in [0.15, 0.2) is 0 Å². The summed E-state index contributed by atoms with van der Waals surface area (Å²) in [6.45, 7) is 6.29. The molecule has 8 nitrogen and oxygen atoms in total. The summed E-state index contributed by atoms with van der Waals surface area (Å²) in [6.07, 6.45) is 14.8. The molecule has 2 unspecified atom stereocenters. The lowest BCUT2D eigenvalue weighted by Crippen LogP contribution is -2.24. The fourth-order valence-corrected chi connectivity index (χ4v) is 10.2. The highest BCUT2D eigenvalue weighted by Crippen LogP contribution is 2.42. The minimum atomic E-state index is -0.193. The van der Waals surface area contributed by atoms with Crippen LogP contribution in [0.25, 0.3) is 0 Å². The largest absolute Gasteiger partial charge is 0.465 e. The van der Waals surface area contributed by atoms with Gasteiger partial charge in [-0.25, -0.2) is 0 Å². The van der Waals surface area contributed by atoms with E-state index in [9.17, 15) is 9.59 Å². The predicted molar refractivity (Wildman–Crippen MR) is 253 cm³/mol. The zero-order chi connectivity index (χ0) is 42.1. The summed E-state index contributed by atoms with van der Waals surface area (Å²) >= 11 is 7.35. The van der Waals surface area contributed by atoms with E-state index in [0.717, 1.165) is 80.3 Å². The smallest absolute Gasteiger partial charge is 0.310 e. The highest BCUT2D eigenvalue weighted by atomic mass is 32.1. The van der Waals surface area contributed by atoms with Crippen molar-refractivity contribution in [2.24, 2.45) is 5.92 Å². The van der Waals surface area contributed by atoms with Gasteiger partial charge in [-0.15, -0.1) is 11.3 Å². The number of ether oxygens (including phenoxy) is 1. The molecule has 4 N–H and O–H groups in total. The molecule has 3 aromatic carbocycles. The number of nitrogen functional groups attached to an aromatic ring is 1. The molecule has 0 saturated heterocycles. The Hall–Kier alpha value is -4.41. The first-order chi connectivity index (χ1) is 28.4. The number of thiophene rings is 1. The van der Waals surface area contributed by atoms with Crippen LogP contribution in [-0.2, 0) is 40.0 Å². The second-order valence-corrected chi connectivity index (χ2v) is 18.5. The number of rotatable bonds is 15. The molecular weight excluding hydrogens is 771 g/mol. The highest BCUT2D eigenvalue weighted by Gasteiger charge is 2.28. The van der Waals surface area contributed by atoms with Crippen molar-refractivity contribution in [3.8, 4) is 0 Å². The van der Waals surface area contributed by atoms with Crippen molar-refractivity contribution in [3.63, 3.8) is 0 Å². The van der Waals surface area contributed by atoms with Crippen LogP contribution >= 0.6 is 23.6 Å². The molecule has 1 heterocycles. The van der Waals surface area contributed by atoms with Crippen LogP contribution < -0.4 is 26.2 Å². The van der Waals surface area contributed by atoms with Crippen LogP contribution in [0.1, 0.15) is 129 Å². The Bertz CT molecular complexity index is 2070. The Balaban J connectivity index is 0.000000213. The van der Waals surface area contributed by atoms with E-state index in [2.05, 4.69) is 78.3 Å². The fraction of sp³-hybridized carbons (Fsp3) is 0.490. The summed E-state index contributed by atoms with van der Waals surface area (Å²) in [7, 11) is 6.11. The van der Waals surface area contributed by atoms with E-state index in [1.54, 1.807) is 30.2 Å². The van der Waals surface area contributed by atoms with Crippen molar-refractivity contribution in [1.82, 2.24) is 0 Å². The lowest BCUT2D eigenvalue weighted by Gasteiger charge is -2.29. The van der Waals surface area contributed by atoms with E-state index in [4.69, 9.17) is 22.7 Å². The monoisotopic (exact) mass is 835 g/mol. The number of anilines is 5. The van der Waals surface area contributed by atoms with Crippen molar-refractivity contribution in [2.75, 3.05) is 53.9 Å². The summed E-state index contributed by atoms with van der Waals surface area (Å²) in [5.74, 6) is 0.529. The Morgan fingerprint density at radius 1 is 0.898 bits per heavy atom. The van der Waals surface area contributed by atoms with Crippen LogP contribution in [0, 0.1) is 12.8 Å². The number of nitrogens with one attached hydrogen (secondary N) is 2. The van der Waals surface area contributed by atoms with E-state index in [0.29, 0.717) is 24.3 Å². The van der Waals surface area contributed by atoms with Gasteiger partial charge in [0.25, 0.3) is 0 Å². The number of thiocarbonyl (C=S) groups is 1. The van der Waals surface area contributed by atoms with Crippen molar-refractivity contribution in [1.29, 1.82) is 0 Å². The highest BCUT2D eigenvalue weighted by molar-refractivity contribution is 7.80.